The molecule has 2 aromatic rings. The Labute approximate surface area is 148 Å². The van der Waals surface area contributed by atoms with Crippen LogP contribution >= 0.6 is 11.3 Å². The highest BCUT2D eigenvalue weighted by Crippen LogP contribution is 2.24. The number of hydrogen-bond donors (Lipinski definition) is 0. The van der Waals surface area contributed by atoms with Crippen LogP contribution in [0.5, 0.6) is 0 Å². The molecule has 1 aromatic heterocycles. The molecule has 0 aliphatic carbocycles. The highest BCUT2D eigenvalue weighted by molar-refractivity contribution is 7.18. The normalized spacial score (nSPS) is 24.6. The second kappa shape index (κ2) is 7.48. The fourth-order valence-corrected chi connectivity index (χ4v) is 4.96. The molecule has 0 radical (unpaired) electrons. The van der Waals surface area contributed by atoms with E-state index in [0.717, 1.165) is 31.1 Å². The topological polar surface area (TPSA) is 28.6 Å². The van der Waals surface area contributed by atoms with Crippen molar-refractivity contribution in [2.75, 3.05) is 45.9 Å². The molecule has 1 aromatic carbocycles. The van der Waals surface area contributed by atoms with E-state index in [9.17, 15) is 0 Å². The third kappa shape index (κ3) is 3.80. The average molecular weight is 346 g/mol. The molecule has 4 nitrogen and oxygen atoms in total. The smallest absolute Gasteiger partial charge is 0.0954 e. The second-order valence-electron chi connectivity index (χ2n) is 7.19. The maximum Gasteiger partial charge on any atom is 0.0954 e. The van der Waals surface area contributed by atoms with Gasteiger partial charge in [-0.3, -0.25) is 4.90 Å². The zero-order chi connectivity index (χ0) is 16.4. The Bertz CT molecular complexity index is 626. The minimum atomic E-state index is 0.572. The fourth-order valence-electron chi connectivity index (χ4n) is 3.87. The lowest BCUT2D eigenvalue weighted by atomic mass is 10.1. The SMILES string of the molecule is C[C@H](Cc1nc2ccccc2s1)N1CCN(C[C@H]2CCOC2)CC1. The van der Waals surface area contributed by atoms with Crippen LogP contribution in [-0.2, 0) is 11.2 Å². The third-order valence-corrected chi connectivity index (χ3v) is 6.44. The molecule has 2 saturated heterocycles. The minimum absolute atomic E-state index is 0.572. The van der Waals surface area contributed by atoms with Gasteiger partial charge in [0.15, 0.2) is 0 Å². The molecule has 0 amide bonds. The van der Waals surface area contributed by atoms with Crippen molar-refractivity contribution in [1.29, 1.82) is 0 Å². The first-order valence-corrected chi connectivity index (χ1v) is 9.98. The summed E-state index contributed by atoms with van der Waals surface area (Å²) >= 11 is 1.85. The van der Waals surface area contributed by atoms with Gasteiger partial charge in [0.1, 0.15) is 0 Å². The van der Waals surface area contributed by atoms with Crippen LogP contribution in [0.25, 0.3) is 10.2 Å². The van der Waals surface area contributed by atoms with Crippen molar-refractivity contribution in [3.63, 3.8) is 0 Å². The highest BCUT2D eigenvalue weighted by atomic mass is 32.1. The molecular formula is C19H27N3OS. The fraction of sp³-hybridized carbons (Fsp3) is 0.632. The second-order valence-corrected chi connectivity index (χ2v) is 8.31. The van der Waals surface area contributed by atoms with Gasteiger partial charge < -0.3 is 9.64 Å². The average Bonchev–Trinajstić information content (AvgIpc) is 3.24. The molecule has 2 fully saturated rings. The zero-order valence-corrected chi connectivity index (χ0v) is 15.3. The lowest BCUT2D eigenvalue weighted by Crippen LogP contribution is -2.51. The number of fused-ring (bicyclic) bond motifs is 1. The van der Waals surface area contributed by atoms with Gasteiger partial charge in [-0.1, -0.05) is 12.1 Å². The van der Waals surface area contributed by atoms with Gasteiger partial charge in [0.25, 0.3) is 0 Å². The van der Waals surface area contributed by atoms with Gasteiger partial charge >= 0.3 is 0 Å². The number of thiazole rings is 1. The van der Waals surface area contributed by atoms with E-state index in [1.807, 2.05) is 11.3 Å². The Hall–Kier alpha value is -1.01. The summed E-state index contributed by atoms with van der Waals surface area (Å²) in [5.74, 6) is 0.761. The number of aromatic nitrogens is 1. The molecule has 5 heteroatoms. The van der Waals surface area contributed by atoms with Gasteiger partial charge in [-0.05, 0) is 31.4 Å². The van der Waals surface area contributed by atoms with Crippen LogP contribution in [0.4, 0.5) is 0 Å². The van der Waals surface area contributed by atoms with Gasteiger partial charge in [-0.15, -0.1) is 11.3 Å². The molecule has 2 aliphatic heterocycles. The van der Waals surface area contributed by atoms with E-state index < -0.39 is 0 Å². The lowest BCUT2D eigenvalue weighted by Gasteiger charge is -2.38. The summed E-state index contributed by atoms with van der Waals surface area (Å²) in [7, 11) is 0. The summed E-state index contributed by atoms with van der Waals surface area (Å²) in [5.41, 5.74) is 1.15. The maximum absolute atomic E-state index is 5.51. The quantitative estimate of drug-likeness (QED) is 0.833. The number of piperazine rings is 1. The largest absolute Gasteiger partial charge is 0.381 e. The summed E-state index contributed by atoms with van der Waals surface area (Å²) in [4.78, 5) is 10.1. The van der Waals surface area contributed by atoms with E-state index in [1.54, 1.807) is 0 Å². The molecule has 0 bridgehead atoms. The van der Waals surface area contributed by atoms with Gasteiger partial charge in [0.05, 0.1) is 21.8 Å². The highest BCUT2D eigenvalue weighted by Gasteiger charge is 2.25. The van der Waals surface area contributed by atoms with Crippen molar-refractivity contribution >= 4 is 21.6 Å². The van der Waals surface area contributed by atoms with Gasteiger partial charge in [-0.2, -0.15) is 0 Å². The van der Waals surface area contributed by atoms with E-state index in [2.05, 4.69) is 41.0 Å². The number of nitrogens with zero attached hydrogens (tertiary/aromatic N) is 3. The summed E-state index contributed by atoms with van der Waals surface area (Å²) in [6, 6.07) is 9.03. The Balaban J connectivity index is 1.28. The molecule has 2 aliphatic rings. The van der Waals surface area contributed by atoms with Crippen molar-refractivity contribution in [2.45, 2.75) is 25.8 Å². The molecule has 24 heavy (non-hydrogen) atoms. The molecule has 0 saturated carbocycles. The number of ether oxygens (including phenoxy) is 1. The van der Waals surface area contributed by atoms with Crippen molar-refractivity contribution in [2.24, 2.45) is 5.92 Å². The van der Waals surface area contributed by atoms with Crippen LogP contribution in [0.15, 0.2) is 24.3 Å². The molecule has 0 N–H and O–H groups in total. The molecule has 2 atom stereocenters. The number of hydrogen-bond acceptors (Lipinski definition) is 5. The first-order valence-electron chi connectivity index (χ1n) is 9.16. The van der Waals surface area contributed by atoms with E-state index >= 15 is 0 Å². The number of benzene rings is 1. The Morgan fingerprint density at radius 3 is 2.83 bits per heavy atom. The van der Waals surface area contributed by atoms with Crippen LogP contribution < -0.4 is 0 Å². The molecular weight excluding hydrogens is 318 g/mol. The Kier molecular flexibility index (Phi) is 5.13. The van der Waals surface area contributed by atoms with Crippen LogP contribution in [0.1, 0.15) is 18.4 Å². The minimum Gasteiger partial charge on any atom is -0.381 e. The standard InChI is InChI=1S/C19H27N3OS/c1-15(12-19-20-17-4-2-3-5-18(17)24-19)22-9-7-21(8-10-22)13-16-6-11-23-14-16/h2-5,15-16H,6-14H2,1H3/t15-,16-/m1/s1. The van der Waals surface area contributed by atoms with Crippen LogP contribution in [-0.4, -0.2) is 66.8 Å². The van der Waals surface area contributed by atoms with E-state index in [1.165, 1.54) is 48.9 Å². The molecule has 4 rings (SSSR count). The van der Waals surface area contributed by atoms with Crippen LogP contribution in [0, 0.1) is 5.92 Å². The summed E-state index contributed by atoms with van der Waals surface area (Å²) < 4.78 is 6.82. The number of para-hydroxylation sites is 1. The van der Waals surface area contributed by atoms with E-state index in [0.29, 0.717) is 6.04 Å². The molecule has 0 unspecified atom stereocenters. The number of rotatable bonds is 5. The molecule has 3 heterocycles. The van der Waals surface area contributed by atoms with Crippen molar-refractivity contribution < 1.29 is 4.74 Å². The summed E-state index contributed by atoms with van der Waals surface area (Å²) in [6.45, 7) is 10.3. The van der Waals surface area contributed by atoms with E-state index in [4.69, 9.17) is 9.72 Å². The van der Waals surface area contributed by atoms with Crippen LogP contribution in [0.3, 0.4) is 0 Å². The Morgan fingerprint density at radius 1 is 1.25 bits per heavy atom. The van der Waals surface area contributed by atoms with Crippen molar-refractivity contribution in [1.82, 2.24) is 14.8 Å². The van der Waals surface area contributed by atoms with Gasteiger partial charge in [0.2, 0.25) is 0 Å². The zero-order valence-electron chi connectivity index (χ0n) is 14.5. The van der Waals surface area contributed by atoms with Crippen LogP contribution in [0.2, 0.25) is 0 Å². The van der Waals surface area contributed by atoms with Gasteiger partial charge in [-0.25, -0.2) is 4.98 Å². The predicted molar refractivity (Wildman–Crippen MR) is 99.7 cm³/mol. The monoisotopic (exact) mass is 345 g/mol. The lowest BCUT2D eigenvalue weighted by molar-refractivity contribution is 0.0877. The molecule has 130 valence electrons. The first kappa shape index (κ1) is 16.5. The third-order valence-electron chi connectivity index (χ3n) is 5.38. The predicted octanol–water partition coefficient (Wildman–Crippen LogP) is 2.88. The summed E-state index contributed by atoms with van der Waals surface area (Å²) in [5, 5.41) is 1.27. The van der Waals surface area contributed by atoms with Crippen molar-refractivity contribution in [3.05, 3.63) is 29.3 Å². The summed E-state index contributed by atoms with van der Waals surface area (Å²) in [6.07, 6.45) is 2.31. The Morgan fingerprint density at radius 2 is 2.08 bits per heavy atom. The maximum atomic E-state index is 5.51. The van der Waals surface area contributed by atoms with Gasteiger partial charge in [0, 0.05) is 51.8 Å². The molecule has 0 spiro atoms. The first-order chi connectivity index (χ1) is 11.8. The van der Waals surface area contributed by atoms with E-state index in [-0.39, 0.29) is 0 Å². The van der Waals surface area contributed by atoms with Crippen molar-refractivity contribution in [3.8, 4) is 0 Å².